The monoisotopic (exact) mass is 229 g/mol. The Morgan fingerprint density at radius 1 is 1.20 bits per heavy atom. The van der Waals surface area contributed by atoms with Gasteiger partial charge in [0.15, 0.2) is 0 Å². The average Bonchev–Trinajstić information content (AvgIpc) is 2.18. The molecule has 1 saturated heterocycles. The molecule has 1 heterocycles. The maximum absolute atomic E-state index is 11.2. The van der Waals surface area contributed by atoms with Gasteiger partial charge in [0, 0.05) is 4.75 Å². The fourth-order valence-corrected chi connectivity index (χ4v) is 4.70. The second-order valence-corrected chi connectivity index (χ2v) is 6.54. The van der Waals surface area contributed by atoms with Crippen LogP contribution in [0.25, 0.3) is 0 Å². The van der Waals surface area contributed by atoms with Crippen LogP contribution in [0, 0.1) is 0 Å². The molecule has 1 spiro atoms. The Kier molecular flexibility index (Phi) is 2.99. The molecule has 3 N–H and O–H groups in total. The minimum absolute atomic E-state index is 0.184. The zero-order valence-corrected chi connectivity index (χ0v) is 9.81. The maximum atomic E-state index is 11.2. The highest BCUT2D eigenvalue weighted by atomic mass is 32.2. The molecule has 1 unspecified atom stereocenters. The average molecular weight is 229 g/mol. The highest BCUT2D eigenvalue weighted by Crippen LogP contribution is 2.49. The zero-order chi connectivity index (χ0) is 10.9. The molecule has 1 saturated carbocycles. The molecule has 0 radical (unpaired) electrons. The van der Waals surface area contributed by atoms with E-state index in [9.17, 15) is 9.90 Å². The van der Waals surface area contributed by atoms with Gasteiger partial charge in [0.05, 0.1) is 0 Å². The summed E-state index contributed by atoms with van der Waals surface area (Å²) in [6, 6.07) is 0. The normalized spacial score (nSPS) is 35.3. The number of thioether (sulfide) groups is 1. The van der Waals surface area contributed by atoms with Crippen LogP contribution in [0.3, 0.4) is 0 Å². The molecule has 0 aromatic heterocycles. The number of hydrogen-bond acceptors (Lipinski definition) is 3. The maximum Gasteiger partial charge on any atom is 0.323 e. The number of nitrogens with two attached hydrogens (primary N) is 1. The zero-order valence-electron chi connectivity index (χ0n) is 9.00. The summed E-state index contributed by atoms with van der Waals surface area (Å²) in [7, 11) is 0. The lowest BCUT2D eigenvalue weighted by atomic mass is 9.77. The van der Waals surface area contributed by atoms with Crippen molar-refractivity contribution >= 4 is 17.7 Å². The van der Waals surface area contributed by atoms with Crippen molar-refractivity contribution in [3.8, 4) is 0 Å². The van der Waals surface area contributed by atoms with Gasteiger partial charge in [0.2, 0.25) is 0 Å². The highest BCUT2D eigenvalue weighted by molar-refractivity contribution is 8.00. The van der Waals surface area contributed by atoms with E-state index in [1.54, 1.807) is 0 Å². The summed E-state index contributed by atoms with van der Waals surface area (Å²) in [5, 5.41) is 9.18. The standard InChI is InChI=1S/C11H19NO2S/c12-11(9(13)14)6-7-15-10(8-11)4-2-1-3-5-10/h1-8,12H2,(H,13,14). The molecular weight excluding hydrogens is 210 g/mol. The minimum atomic E-state index is -0.956. The summed E-state index contributed by atoms with van der Waals surface area (Å²) in [5.41, 5.74) is 5.04. The van der Waals surface area contributed by atoms with Crippen molar-refractivity contribution in [3.05, 3.63) is 0 Å². The predicted octanol–water partition coefficient (Wildman–Crippen LogP) is 2.00. The summed E-state index contributed by atoms with van der Waals surface area (Å²) < 4.78 is 0.184. The lowest BCUT2D eigenvalue weighted by Gasteiger charge is -2.45. The third-order valence-electron chi connectivity index (χ3n) is 3.78. The van der Waals surface area contributed by atoms with Gasteiger partial charge in [-0.25, -0.2) is 0 Å². The van der Waals surface area contributed by atoms with Crippen LogP contribution in [0.5, 0.6) is 0 Å². The summed E-state index contributed by atoms with van der Waals surface area (Å²) in [6.45, 7) is 0. The Labute approximate surface area is 94.8 Å². The Bertz CT molecular complexity index is 258. The van der Waals surface area contributed by atoms with E-state index in [0.717, 1.165) is 18.6 Å². The fourth-order valence-electron chi connectivity index (χ4n) is 2.86. The fraction of sp³-hybridized carbons (Fsp3) is 0.909. The molecule has 0 amide bonds. The van der Waals surface area contributed by atoms with Gasteiger partial charge in [-0.1, -0.05) is 19.3 Å². The van der Waals surface area contributed by atoms with Crippen LogP contribution in [-0.4, -0.2) is 27.1 Å². The van der Waals surface area contributed by atoms with E-state index in [4.69, 9.17) is 5.73 Å². The predicted molar refractivity (Wildman–Crippen MR) is 62.1 cm³/mol. The first kappa shape index (κ1) is 11.3. The van der Waals surface area contributed by atoms with Crippen molar-refractivity contribution in [3.63, 3.8) is 0 Å². The lowest BCUT2D eigenvalue weighted by molar-refractivity contribution is -0.144. The van der Waals surface area contributed by atoms with Gasteiger partial charge in [-0.3, -0.25) is 4.79 Å². The van der Waals surface area contributed by atoms with Crippen LogP contribution < -0.4 is 5.73 Å². The molecule has 3 nitrogen and oxygen atoms in total. The molecule has 2 rings (SSSR count). The number of carboxylic acids is 1. The molecule has 86 valence electrons. The van der Waals surface area contributed by atoms with Crippen LogP contribution >= 0.6 is 11.8 Å². The molecule has 1 aliphatic heterocycles. The van der Waals surface area contributed by atoms with E-state index in [2.05, 4.69) is 0 Å². The second-order valence-electron chi connectivity index (χ2n) is 4.98. The summed E-state index contributed by atoms with van der Waals surface area (Å²) in [4.78, 5) is 11.2. The van der Waals surface area contributed by atoms with E-state index in [1.165, 1.54) is 19.3 Å². The van der Waals surface area contributed by atoms with Gasteiger partial charge < -0.3 is 10.8 Å². The van der Waals surface area contributed by atoms with E-state index in [1.807, 2.05) is 11.8 Å². The van der Waals surface area contributed by atoms with Crippen molar-refractivity contribution < 1.29 is 9.90 Å². The van der Waals surface area contributed by atoms with Crippen LogP contribution in [0.1, 0.15) is 44.9 Å². The molecule has 15 heavy (non-hydrogen) atoms. The smallest absolute Gasteiger partial charge is 0.323 e. The van der Waals surface area contributed by atoms with Gasteiger partial charge in [-0.15, -0.1) is 0 Å². The molecule has 4 heteroatoms. The number of rotatable bonds is 1. The first-order chi connectivity index (χ1) is 7.06. The summed E-state index contributed by atoms with van der Waals surface area (Å²) in [5.74, 6) is 0.0933. The van der Waals surface area contributed by atoms with Crippen molar-refractivity contribution in [1.82, 2.24) is 0 Å². The van der Waals surface area contributed by atoms with Gasteiger partial charge in [0.1, 0.15) is 5.54 Å². The van der Waals surface area contributed by atoms with E-state index in [0.29, 0.717) is 12.8 Å². The van der Waals surface area contributed by atoms with Crippen molar-refractivity contribution in [2.45, 2.75) is 55.2 Å². The molecule has 1 aliphatic carbocycles. The third kappa shape index (κ3) is 2.16. The van der Waals surface area contributed by atoms with E-state index >= 15 is 0 Å². The molecule has 1 atom stereocenters. The van der Waals surface area contributed by atoms with Crippen LogP contribution in [0.4, 0.5) is 0 Å². The van der Waals surface area contributed by atoms with Crippen molar-refractivity contribution in [2.24, 2.45) is 5.73 Å². The lowest BCUT2D eigenvalue weighted by Crippen LogP contribution is -2.56. The quantitative estimate of drug-likeness (QED) is 0.722. The molecule has 0 bridgehead atoms. The highest BCUT2D eigenvalue weighted by Gasteiger charge is 2.47. The third-order valence-corrected chi connectivity index (χ3v) is 5.36. The number of hydrogen-bond donors (Lipinski definition) is 2. The number of aliphatic carboxylic acids is 1. The summed E-state index contributed by atoms with van der Waals surface area (Å²) in [6.07, 6.45) is 7.38. The van der Waals surface area contributed by atoms with Crippen LogP contribution in [-0.2, 0) is 4.79 Å². The van der Waals surface area contributed by atoms with Crippen LogP contribution in [0.2, 0.25) is 0 Å². The molecule has 0 aromatic carbocycles. The molecule has 0 aromatic rings. The first-order valence-corrected chi connectivity index (χ1v) is 6.71. The molecular formula is C11H19NO2S. The second kappa shape index (κ2) is 3.98. The Balaban J connectivity index is 2.11. The van der Waals surface area contributed by atoms with Gasteiger partial charge in [-0.05, 0) is 31.4 Å². The van der Waals surface area contributed by atoms with Gasteiger partial charge in [-0.2, -0.15) is 11.8 Å². The van der Waals surface area contributed by atoms with Crippen molar-refractivity contribution in [2.75, 3.05) is 5.75 Å². The van der Waals surface area contributed by atoms with E-state index in [-0.39, 0.29) is 4.75 Å². The number of carboxylic acid groups (broad SMARTS) is 1. The van der Waals surface area contributed by atoms with Crippen molar-refractivity contribution in [1.29, 1.82) is 0 Å². The molecule has 2 aliphatic rings. The van der Waals surface area contributed by atoms with Gasteiger partial charge >= 0.3 is 5.97 Å². The number of carbonyl (C=O) groups is 1. The Morgan fingerprint density at radius 2 is 1.87 bits per heavy atom. The molecule has 2 fully saturated rings. The van der Waals surface area contributed by atoms with E-state index < -0.39 is 11.5 Å². The topological polar surface area (TPSA) is 63.3 Å². The minimum Gasteiger partial charge on any atom is -0.480 e. The largest absolute Gasteiger partial charge is 0.480 e. The Hall–Kier alpha value is -0.220. The first-order valence-electron chi connectivity index (χ1n) is 5.73. The van der Waals surface area contributed by atoms with Gasteiger partial charge in [0.25, 0.3) is 0 Å². The van der Waals surface area contributed by atoms with Crippen LogP contribution in [0.15, 0.2) is 0 Å². The Morgan fingerprint density at radius 3 is 2.47 bits per heavy atom. The summed E-state index contributed by atoms with van der Waals surface area (Å²) >= 11 is 1.96. The SMILES string of the molecule is NC1(C(=O)O)CCSC2(CCCCC2)C1.